The maximum atomic E-state index is 11.5. The number of esters is 1. The van der Waals surface area contributed by atoms with Crippen LogP contribution in [-0.4, -0.2) is 30.0 Å². The predicted octanol–water partition coefficient (Wildman–Crippen LogP) is 2.07. The number of carbonyl (C=O) groups is 1. The number of hydrogen-bond acceptors (Lipinski definition) is 5. The van der Waals surface area contributed by atoms with Gasteiger partial charge in [0.1, 0.15) is 5.75 Å². The summed E-state index contributed by atoms with van der Waals surface area (Å²) in [6.07, 6.45) is 1.59. The van der Waals surface area contributed by atoms with E-state index in [-0.39, 0.29) is 11.4 Å². The van der Waals surface area contributed by atoms with Crippen LogP contribution in [0.4, 0.5) is 5.69 Å². The summed E-state index contributed by atoms with van der Waals surface area (Å²) >= 11 is 3.41. The van der Waals surface area contributed by atoms with Crippen LogP contribution >= 0.6 is 15.9 Å². The molecule has 0 bridgehead atoms. The fourth-order valence-electron chi connectivity index (χ4n) is 1.82. The fourth-order valence-corrected chi connectivity index (χ4v) is 2.23. The zero-order valence-electron chi connectivity index (χ0n) is 11.1. The van der Waals surface area contributed by atoms with Crippen LogP contribution < -0.4 is 10.5 Å². The number of halogens is 1. The monoisotopic (exact) mass is 339 g/mol. The van der Waals surface area contributed by atoms with Crippen LogP contribution in [0.15, 0.2) is 28.9 Å². The Morgan fingerprint density at radius 2 is 2.20 bits per heavy atom. The second-order valence-electron chi connectivity index (χ2n) is 4.08. The molecular formula is C13H14BrN3O3. The number of ether oxygens (including phenoxy) is 2. The average Bonchev–Trinajstić information content (AvgIpc) is 2.79. The van der Waals surface area contributed by atoms with E-state index in [4.69, 9.17) is 10.5 Å². The first-order chi connectivity index (χ1) is 9.55. The Hall–Kier alpha value is -2.02. The van der Waals surface area contributed by atoms with Crippen LogP contribution in [0.25, 0.3) is 0 Å². The molecule has 1 heterocycles. The first kappa shape index (κ1) is 14.4. The molecule has 1 aromatic carbocycles. The summed E-state index contributed by atoms with van der Waals surface area (Å²) in [7, 11) is 2.89. The molecule has 0 amide bonds. The van der Waals surface area contributed by atoms with Gasteiger partial charge in [-0.1, -0.05) is 15.9 Å². The Kier molecular flexibility index (Phi) is 4.29. The number of methoxy groups -OCH3 is 2. The van der Waals surface area contributed by atoms with Gasteiger partial charge in [0.15, 0.2) is 5.69 Å². The highest BCUT2D eigenvalue weighted by Crippen LogP contribution is 2.24. The molecule has 7 heteroatoms. The number of aromatic nitrogens is 2. The number of nitrogens with zero attached hydrogens (tertiary/aromatic N) is 2. The minimum Gasteiger partial charge on any atom is -0.496 e. The molecule has 2 rings (SSSR count). The van der Waals surface area contributed by atoms with Gasteiger partial charge in [0.25, 0.3) is 0 Å². The lowest BCUT2D eigenvalue weighted by Crippen LogP contribution is -2.07. The Labute approximate surface area is 124 Å². The molecule has 2 N–H and O–H groups in total. The standard InChI is InChI=1S/C13H14BrN3O3/c1-19-11-4-3-9(14)5-8(11)6-17-7-10(15)12(16-17)13(18)20-2/h3-5,7H,6,15H2,1-2H3. The van der Waals surface area contributed by atoms with Gasteiger partial charge in [-0.2, -0.15) is 5.10 Å². The van der Waals surface area contributed by atoms with Crippen molar-refractivity contribution < 1.29 is 14.3 Å². The molecule has 0 fully saturated rings. The smallest absolute Gasteiger partial charge is 0.360 e. The van der Waals surface area contributed by atoms with Gasteiger partial charge in [-0.05, 0) is 18.2 Å². The van der Waals surface area contributed by atoms with Crippen LogP contribution in [0.2, 0.25) is 0 Å². The van der Waals surface area contributed by atoms with Crippen LogP contribution in [0.3, 0.4) is 0 Å². The molecule has 0 atom stereocenters. The van der Waals surface area contributed by atoms with Gasteiger partial charge in [-0.3, -0.25) is 4.68 Å². The van der Waals surface area contributed by atoms with Gasteiger partial charge in [-0.15, -0.1) is 0 Å². The number of benzene rings is 1. The van der Waals surface area contributed by atoms with E-state index in [0.29, 0.717) is 6.54 Å². The van der Waals surface area contributed by atoms with Crippen molar-refractivity contribution in [2.75, 3.05) is 20.0 Å². The number of hydrogen-bond donors (Lipinski definition) is 1. The summed E-state index contributed by atoms with van der Waals surface area (Å²) in [5.41, 5.74) is 7.06. The quantitative estimate of drug-likeness (QED) is 0.862. The maximum Gasteiger partial charge on any atom is 0.360 e. The summed E-state index contributed by atoms with van der Waals surface area (Å²) < 4.78 is 12.4. The van der Waals surface area contributed by atoms with Gasteiger partial charge < -0.3 is 15.2 Å². The van der Waals surface area contributed by atoms with Crippen LogP contribution in [0.5, 0.6) is 5.75 Å². The molecule has 6 nitrogen and oxygen atoms in total. The molecule has 0 spiro atoms. The summed E-state index contributed by atoms with van der Waals surface area (Å²) in [5.74, 6) is 0.185. The summed E-state index contributed by atoms with van der Waals surface area (Å²) in [4.78, 5) is 11.5. The maximum absolute atomic E-state index is 11.5. The van der Waals surface area contributed by atoms with E-state index < -0.39 is 5.97 Å². The third-order valence-electron chi connectivity index (χ3n) is 2.74. The second kappa shape index (κ2) is 5.96. The Morgan fingerprint density at radius 1 is 1.45 bits per heavy atom. The van der Waals surface area contributed by atoms with E-state index in [9.17, 15) is 4.79 Å². The molecular weight excluding hydrogens is 326 g/mol. The molecule has 0 saturated carbocycles. The molecule has 106 valence electrons. The summed E-state index contributed by atoms with van der Waals surface area (Å²) in [6.45, 7) is 0.434. The molecule has 0 aliphatic carbocycles. The molecule has 0 aliphatic heterocycles. The lowest BCUT2D eigenvalue weighted by molar-refractivity contribution is 0.0594. The van der Waals surface area contributed by atoms with Gasteiger partial charge >= 0.3 is 5.97 Å². The molecule has 0 unspecified atom stereocenters. The Balaban J connectivity index is 2.31. The van der Waals surface area contributed by atoms with Crippen LogP contribution in [0.1, 0.15) is 16.1 Å². The van der Waals surface area contributed by atoms with Crippen molar-refractivity contribution in [3.63, 3.8) is 0 Å². The van der Waals surface area contributed by atoms with E-state index in [1.54, 1.807) is 18.0 Å². The number of carbonyl (C=O) groups excluding carboxylic acids is 1. The molecule has 2 aromatic rings. The van der Waals surface area contributed by atoms with Crippen molar-refractivity contribution in [2.45, 2.75) is 6.54 Å². The average molecular weight is 340 g/mol. The van der Waals surface area contributed by atoms with E-state index >= 15 is 0 Å². The second-order valence-corrected chi connectivity index (χ2v) is 4.99. The zero-order chi connectivity index (χ0) is 14.7. The summed E-state index contributed by atoms with van der Waals surface area (Å²) in [6, 6.07) is 5.67. The minimum atomic E-state index is -0.553. The largest absolute Gasteiger partial charge is 0.496 e. The third kappa shape index (κ3) is 2.93. The van der Waals surface area contributed by atoms with E-state index in [1.807, 2.05) is 18.2 Å². The lowest BCUT2D eigenvalue weighted by Gasteiger charge is -2.09. The number of nitrogen functional groups attached to an aromatic ring is 1. The van der Waals surface area contributed by atoms with Gasteiger partial charge in [-0.25, -0.2) is 4.79 Å². The van der Waals surface area contributed by atoms with Gasteiger partial charge in [0, 0.05) is 16.2 Å². The number of anilines is 1. The van der Waals surface area contributed by atoms with E-state index in [2.05, 4.69) is 25.8 Å². The third-order valence-corrected chi connectivity index (χ3v) is 3.24. The Morgan fingerprint density at radius 3 is 2.85 bits per heavy atom. The summed E-state index contributed by atoms with van der Waals surface area (Å²) in [5, 5.41) is 4.13. The normalized spacial score (nSPS) is 10.3. The fraction of sp³-hybridized carbons (Fsp3) is 0.231. The minimum absolute atomic E-state index is 0.112. The highest BCUT2D eigenvalue weighted by Gasteiger charge is 2.16. The topological polar surface area (TPSA) is 79.4 Å². The predicted molar refractivity (Wildman–Crippen MR) is 77.8 cm³/mol. The van der Waals surface area contributed by atoms with Crippen molar-refractivity contribution in [3.05, 3.63) is 40.1 Å². The highest BCUT2D eigenvalue weighted by molar-refractivity contribution is 9.10. The van der Waals surface area contributed by atoms with Crippen molar-refractivity contribution in [1.82, 2.24) is 9.78 Å². The Bertz CT molecular complexity index is 640. The van der Waals surface area contributed by atoms with E-state index in [0.717, 1.165) is 15.8 Å². The molecule has 20 heavy (non-hydrogen) atoms. The lowest BCUT2D eigenvalue weighted by atomic mass is 10.2. The van der Waals surface area contributed by atoms with Crippen molar-refractivity contribution >= 4 is 27.6 Å². The first-order valence-electron chi connectivity index (χ1n) is 5.78. The molecule has 0 saturated heterocycles. The van der Waals surface area contributed by atoms with Gasteiger partial charge in [0.05, 0.1) is 26.5 Å². The van der Waals surface area contributed by atoms with E-state index in [1.165, 1.54) is 7.11 Å². The first-order valence-corrected chi connectivity index (χ1v) is 6.58. The van der Waals surface area contributed by atoms with Crippen LogP contribution in [0, 0.1) is 0 Å². The molecule has 0 radical (unpaired) electrons. The van der Waals surface area contributed by atoms with Gasteiger partial charge in [0.2, 0.25) is 0 Å². The highest BCUT2D eigenvalue weighted by atomic mass is 79.9. The van der Waals surface area contributed by atoms with Crippen molar-refractivity contribution in [2.24, 2.45) is 0 Å². The van der Waals surface area contributed by atoms with Crippen molar-refractivity contribution in [3.8, 4) is 5.75 Å². The SMILES string of the molecule is COC(=O)c1nn(Cc2cc(Br)ccc2OC)cc1N. The zero-order valence-corrected chi connectivity index (χ0v) is 12.7. The number of rotatable bonds is 4. The number of nitrogens with two attached hydrogens (primary N) is 1. The van der Waals surface area contributed by atoms with Crippen LogP contribution in [-0.2, 0) is 11.3 Å². The van der Waals surface area contributed by atoms with Crippen molar-refractivity contribution in [1.29, 1.82) is 0 Å². The molecule has 0 aliphatic rings. The molecule has 1 aromatic heterocycles.